The van der Waals surface area contributed by atoms with Crippen molar-refractivity contribution in [2.75, 3.05) is 13.7 Å². The maximum atomic E-state index is 4.91. The highest BCUT2D eigenvalue weighted by Crippen LogP contribution is 1.79. The van der Waals surface area contributed by atoms with E-state index < -0.39 is 0 Å². The highest BCUT2D eigenvalue weighted by atomic mass is 16.6. The van der Waals surface area contributed by atoms with E-state index in [1.807, 2.05) is 6.92 Å². The van der Waals surface area contributed by atoms with Gasteiger partial charge in [-0.15, -0.1) is 0 Å². The van der Waals surface area contributed by atoms with Crippen LogP contribution >= 0.6 is 0 Å². The zero-order valence-electron chi connectivity index (χ0n) is 5.47. The molecule has 0 unspecified atom stereocenters. The Morgan fingerprint density at radius 1 is 1.62 bits per heavy atom. The molecule has 0 bridgehead atoms. The molecule has 48 valence electrons. The molecule has 0 radical (unpaired) electrons. The van der Waals surface area contributed by atoms with Crippen molar-refractivity contribution in [1.29, 1.82) is 0 Å². The average Bonchev–Trinajstić information content (AvgIpc) is 1.68. The Labute approximate surface area is 49.3 Å². The summed E-state index contributed by atoms with van der Waals surface area (Å²) < 4.78 is 4.91. The number of rotatable bonds is 2. The lowest BCUT2D eigenvalue weighted by molar-refractivity contribution is 0.192. The molecule has 0 aliphatic heterocycles. The summed E-state index contributed by atoms with van der Waals surface area (Å²) in [6, 6.07) is 0. The number of nitrogens with zero attached hydrogens (tertiary/aromatic N) is 1. The van der Waals surface area contributed by atoms with Crippen LogP contribution in [0.15, 0.2) is 5.16 Å². The summed E-state index contributed by atoms with van der Waals surface area (Å²) in [7, 11) is 1.49. The molecule has 0 fully saturated rings. The summed E-state index contributed by atoms with van der Waals surface area (Å²) in [4.78, 5) is 4.42. The van der Waals surface area contributed by atoms with E-state index in [-0.39, 0.29) is 0 Å². The molecular formula is C5H11NO2. The van der Waals surface area contributed by atoms with Crippen molar-refractivity contribution in [3.8, 4) is 0 Å². The number of ether oxygens (including phenoxy) is 1. The van der Waals surface area contributed by atoms with Gasteiger partial charge in [0.2, 0.25) is 5.90 Å². The van der Waals surface area contributed by atoms with Crippen LogP contribution in [0.5, 0.6) is 0 Å². The minimum absolute atomic E-state index is 0.565. The van der Waals surface area contributed by atoms with Crippen LogP contribution in [0.2, 0.25) is 0 Å². The molecule has 0 saturated carbocycles. The summed E-state index contributed by atoms with van der Waals surface area (Å²) in [5.41, 5.74) is 0. The summed E-state index contributed by atoms with van der Waals surface area (Å²) in [6.07, 6.45) is 0. The van der Waals surface area contributed by atoms with Gasteiger partial charge in [-0.3, -0.25) is 0 Å². The van der Waals surface area contributed by atoms with Gasteiger partial charge < -0.3 is 9.57 Å². The zero-order valence-corrected chi connectivity index (χ0v) is 5.47. The Morgan fingerprint density at radius 2 is 2.25 bits per heavy atom. The molecule has 3 heteroatoms. The second-order valence-electron chi connectivity index (χ2n) is 1.23. The van der Waals surface area contributed by atoms with Gasteiger partial charge in [-0.05, 0) is 6.92 Å². The maximum Gasteiger partial charge on any atom is 0.222 e. The Kier molecular flexibility index (Phi) is 4.03. The van der Waals surface area contributed by atoms with Crippen LogP contribution in [0, 0.1) is 0 Å². The first kappa shape index (κ1) is 7.27. The first-order chi connectivity index (χ1) is 3.81. The topological polar surface area (TPSA) is 30.8 Å². The van der Waals surface area contributed by atoms with Crippen LogP contribution in [0.4, 0.5) is 0 Å². The third-order valence-corrected chi connectivity index (χ3v) is 0.573. The van der Waals surface area contributed by atoms with E-state index in [0.29, 0.717) is 12.5 Å². The fourth-order valence-corrected chi connectivity index (χ4v) is 0.364. The van der Waals surface area contributed by atoms with E-state index in [9.17, 15) is 0 Å². The molecule has 0 rings (SSSR count). The molecule has 3 nitrogen and oxygen atoms in total. The second kappa shape index (κ2) is 4.43. The van der Waals surface area contributed by atoms with Crippen LogP contribution < -0.4 is 0 Å². The molecule has 0 amide bonds. The smallest absolute Gasteiger partial charge is 0.222 e. The van der Waals surface area contributed by atoms with Gasteiger partial charge in [0.1, 0.15) is 7.11 Å². The van der Waals surface area contributed by atoms with Gasteiger partial charge in [0.05, 0.1) is 6.61 Å². The van der Waals surface area contributed by atoms with Gasteiger partial charge in [-0.1, -0.05) is 5.16 Å². The van der Waals surface area contributed by atoms with Gasteiger partial charge in [0.15, 0.2) is 0 Å². The van der Waals surface area contributed by atoms with Crippen molar-refractivity contribution in [1.82, 2.24) is 0 Å². The molecule has 0 N–H and O–H groups in total. The summed E-state index contributed by atoms with van der Waals surface area (Å²) in [6.45, 7) is 4.28. The third-order valence-electron chi connectivity index (χ3n) is 0.573. The van der Waals surface area contributed by atoms with Crippen molar-refractivity contribution in [3.05, 3.63) is 0 Å². The van der Waals surface area contributed by atoms with Crippen LogP contribution in [-0.4, -0.2) is 19.6 Å². The van der Waals surface area contributed by atoms with E-state index in [4.69, 9.17) is 4.74 Å². The van der Waals surface area contributed by atoms with Gasteiger partial charge in [0, 0.05) is 6.92 Å². The largest absolute Gasteiger partial charge is 0.479 e. The predicted octanol–water partition coefficient (Wildman–Crippen LogP) is 1.00. The maximum absolute atomic E-state index is 4.91. The predicted molar refractivity (Wildman–Crippen MR) is 31.7 cm³/mol. The molecule has 0 aliphatic rings. The van der Waals surface area contributed by atoms with E-state index in [1.54, 1.807) is 6.92 Å². The number of oxime groups is 1. The Morgan fingerprint density at radius 3 is 2.62 bits per heavy atom. The first-order valence-corrected chi connectivity index (χ1v) is 2.51. The molecular weight excluding hydrogens is 106 g/mol. The lowest BCUT2D eigenvalue weighted by atomic mass is 10.7. The fraction of sp³-hybridized carbons (Fsp3) is 0.800. The average molecular weight is 117 g/mol. The molecule has 0 heterocycles. The molecule has 0 aromatic heterocycles. The van der Waals surface area contributed by atoms with Crippen molar-refractivity contribution in [3.63, 3.8) is 0 Å². The lowest BCUT2D eigenvalue weighted by Crippen LogP contribution is -1.98. The minimum Gasteiger partial charge on any atom is -0.479 e. The summed E-state index contributed by atoms with van der Waals surface area (Å²) in [5, 5.41) is 3.51. The van der Waals surface area contributed by atoms with Crippen LogP contribution in [0.25, 0.3) is 0 Å². The minimum atomic E-state index is 0.565. The second-order valence-corrected chi connectivity index (χ2v) is 1.23. The quantitative estimate of drug-likeness (QED) is 0.307. The first-order valence-electron chi connectivity index (χ1n) is 2.51. The Hall–Kier alpha value is -0.730. The van der Waals surface area contributed by atoms with Crippen molar-refractivity contribution in [2.24, 2.45) is 5.16 Å². The van der Waals surface area contributed by atoms with E-state index in [2.05, 4.69) is 9.99 Å². The van der Waals surface area contributed by atoms with Crippen molar-refractivity contribution < 1.29 is 9.57 Å². The third kappa shape index (κ3) is 3.46. The lowest BCUT2D eigenvalue weighted by Gasteiger charge is -1.97. The van der Waals surface area contributed by atoms with Gasteiger partial charge in [-0.2, -0.15) is 0 Å². The van der Waals surface area contributed by atoms with Gasteiger partial charge in [0.25, 0.3) is 0 Å². The highest BCUT2D eigenvalue weighted by Gasteiger charge is 1.84. The molecule has 0 atom stereocenters. The SMILES string of the molecule is CCOC(C)=NOC. The fourth-order valence-electron chi connectivity index (χ4n) is 0.364. The van der Waals surface area contributed by atoms with E-state index in [1.165, 1.54) is 7.11 Å². The summed E-state index contributed by atoms with van der Waals surface area (Å²) >= 11 is 0. The van der Waals surface area contributed by atoms with Crippen molar-refractivity contribution >= 4 is 5.90 Å². The van der Waals surface area contributed by atoms with Gasteiger partial charge >= 0.3 is 0 Å². The van der Waals surface area contributed by atoms with Gasteiger partial charge in [-0.25, -0.2) is 0 Å². The molecule has 0 aromatic carbocycles. The Bertz CT molecular complexity index is 80.5. The monoisotopic (exact) mass is 117 g/mol. The van der Waals surface area contributed by atoms with Crippen LogP contribution in [0.3, 0.4) is 0 Å². The van der Waals surface area contributed by atoms with Crippen LogP contribution in [0.1, 0.15) is 13.8 Å². The molecule has 0 saturated heterocycles. The Balaban J connectivity index is 3.29. The normalized spacial score (nSPS) is 11.1. The highest BCUT2D eigenvalue weighted by molar-refractivity contribution is 5.72. The summed E-state index contributed by atoms with van der Waals surface area (Å²) in [5.74, 6) is 0.565. The molecule has 0 spiro atoms. The van der Waals surface area contributed by atoms with Crippen molar-refractivity contribution in [2.45, 2.75) is 13.8 Å². The van der Waals surface area contributed by atoms with Crippen LogP contribution in [-0.2, 0) is 9.57 Å². The molecule has 0 aliphatic carbocycles. The standard InChI is InChI=1S/C5H11NO2/c1-4-8-5(2)6-7-3/h4H2,1-3H3. The molecule has 0 aromatic rings. The zero-order chi connectivity index (χ0) is 6.41. The molecule has 8 heavy (non-hydrogen) atoms. The van der Waals surface area contributed by atoms with E-state index >= 15 is 0 Å². The number of hydrogen-bond donors (Lipinski definition) is 0. The van der Waals surface area contributed by atoms with E-state index in [0.717, 1.165) is 0 Å². The number of hydrogen-bond acceptors (Lipinski definition) is 3.